The summed E-state index contributed by atoms with van der Waals surface area (Å²) in [6.07, 6.45) is 0. The van der Waals surface area contributed by atoms with Crippen molar-refractivity contribution < 1.29 is 24.2 Å². The molecule has 0 spiro atoms. The van der Waals surface area contributed by atoms with Crippen molar-refractivity contribution in [3.63, 3.8) is 0 Å². The number of ether oxygens (including phenoxy) is 1. The molecule has 126 valence electrons. The standard InChI is InChI=1S/C17H18N2O5/c1-3-24-16(22)17(23)12(14-18-8-9-19(14)15(17)21)13(20)11-6-4-10(2)5-7-11/h4-7,18,23H,3,8-9H2,1-2H3. The maximum atomic E-state index is 12.9. The lowest BCUT2D eigenvalue weighted by Crippen LogP contribution is -2.52. The smallest absolute Gasteiger partial charge is 0.353 e. The molecular formula is C17H18N2O5. The molecule has 1 atom stereocenters. The van der Waals surface area contributed by atoms with Crippen LogP contribution in [0.15, 0.2) is 35.7 Å². The summed E-state index contributed by atoms with van der Waals surface area (Å²) in [5.74, 6) is -2.38. The van der Waals surface area contributed by atoms with Crippen molar-refractivity contribution in [3.05, 3.63) is 46.8 Å². The summed E-state index contributed by atoms with van der Waals surface area (Å²) in [6, 6.07) is 6.69. The molecule has 3 rings (SSSR count). The van der Waals surface area contributed by atoms with E-state index in [9.17, 15) is 19.5 Å². The van der Waals surface area contributed by atoms with Crippen LogP contribution in [0.1, 0.15) is 22.8 Å². The van der Waals surface area contributed by atoms with E-state index in [2.05, 4.69) is 5.32 Å². The van der Waals surface area contributed by atoms with E-state index in [-0.39, 0.29) is 30.1 Å². The van der Waals surface area contributed by atoms with Gasteiger partial charge in [-0.3, -0.25) is 14.5 Å². The third-order valence-corrected chi connectivity index (χ3v) is 4.16. The minimum Gasteiger partial charge on any atom is -0.463 e. The second-order valence-electron chi connectivity index (χ2n) is 5.73. The van der Waals surface area contributed by atoms with Crippen LogP contribution < -0.4 is 5.32 Å². The number of carbonyl (C=O) groups is 3. The van der Waals surface area contributed by atoms with Crippen molar-refractivity contribution in [2.45, 2.75) is 19.4 Å². The molecule has 2 N–H and O–H groups in total. The van der Waals surface area contributed by atoms with Crippen LogP contribution in [-0.2, 0) is 14.3 Å². The van der Waals surface area contributed by atoms with E-state index in [0.29, 0.717) is 6.54 Å². The number of ketones is 1. The van der Waals surface area contributed by atoms with Gasteiger partial charge in [-0.2, -0.15) is 0 Å². The molecule has 24 heavy (non-hydrogen) atoms. The van der Waals surface area contributed by atoms with Crippen molar-refractivity contribution in [2.24, 2.45) is 0 Å². The fraction of sp³-hybridized carbons (Fsp3) is 0.353. The Kier molecular flexibility index (Phi) is 3.88. The highest BCUT2D eigenvalue weighted by Gasteiger charge is 2.61. The minimum atomic E-state index is -2.61. The Morgan fingerprint density at radius 2 is 2.00 bits per heavy atom. The molecule has 1 fully saturated rings. The number of rotatable bonds is 4. The average molecular weight is 330 g/mol. The van der Waals surface area contributed by atoms with Crippen LogP contribution in [0.3, 0.4) is 0 Å². The van der Waals surface area contributed by atoms with E-state index >= 15 is 0 Å². The number of amides is 1. The average Bonchev–Trinajstić information content (AvgIpc) is 3.10. The third kappa shape index (κ3) is 2.20. The number of aliphatic hydroxyl groups is 1. The van der Waals surface area contributed by atoms with E-state index in [1.807, 2.05) is 6.92 Å². The van der Waals surface area contributed by atoms with E-state index in [1.165, 1.54) is 4.90 Å². The second kappa shape index (κ2) is 5.76. The molecule has 0 aromatic heterocycles. The van der Waals surface area contributed by atoms with Crippen LogP contribution in [0.4, 0.5) is 0 Å². The van der Waals surface area contributed by atoms with E-state index in [1.54, 1.807) is 31.2 Å². The lowest BCUT2D eigenvalue weighted by atomic mass is 9.88. The van der Waals surface area contributed by atoms with Gasteiger partial charge in [-0.1, -0.05) is 29.8 Å². The summed E-state index contributed by atoms with van der Waals surface area (Å²) < 4.78 is 4.85. The topological polar surface area (TPSA) is 95.9 Å². The molecule has 0 aliphatic carbocycles. The monoisotopic (exact) mass is 330 g/mol. The van der Waals surface area contributed by atoms with Crippen molar-refractivity contribution >= 4 is 17.7 Å². The van der Waals surface area contributed by atoms with Crippen LogP contribution in [-0.4, -0.2) is 53.0 Å². The lowest BCUT2D eigenvalue weighted by Gasteiger charge is -2.22. The van der Waals surface area contributed by atoms with Crippen molar-refractivity contribution in [1.82, 2.24) is 10.2 Å². The van der Waals surface area contributed by atoms with Crippen LogP contribution in [0.2, 0.25) is 0 Å². The molecule has 1 saturated heterocycles. The van der Waals surface area contributed by atoms with Crippen molar-refractivity contribution in [1.29, 1.82) is 0 Å². The van der Waals surface area contributed by atoms with Gasteiger partial charge in [0.05, 0.1) is 12.2 Å². The molecule has 0 radical (unpaired) electrons. The first kappa shape index (κ1) is 16.2. The highest BCUT2D eigenvalue weighted by atomic mass is 16.6. The molecule has 1 aromatic rings. The highest BCUT2D eigenvalue weighted by molar-refractivity contribution is 6.25. The normalized spacial score (nSPS) is 22.5. The van der Waals surface area contributed by atoms with Crippen LogP contribution in [0.25, 0.3) is 0 Å². The quantitative estimate of drug-likeness (QED) is 0.463. The second-order valence-corrected chi connectivity index (χ2v) is 5.73. The van der Waals surface area contributed by atoms with Gasteiger partial charge in [-0.15, -0.1) is 0 Å². The fourth-order valence-electron chi connectivity index (χ4n) is 2.94. The van der Waals surface area contributed by atoms with Gasteiger partial charge in [-0.05, 0) is 13.8 Å². The van der Waals surface area contributed by atoms with E-state index in [0.717, 1.165) is 5.56 Å². The first-order chi connectivity index (χ1) is 11.4. The summed E-state index contributed by atoms with van der Waals surface area (Å²) >= 11 is 0. The van der Waals surface area contributed by atoms with Gasteiger partial charge in [0.15, 0.2) is 5.78 Å². The number of hydrogen-bond acceptors (Lipinski definition) is 6. The Morgan fingerprint density at radius 3 is 2.62 bits per heavy atom. The fourth-order valence-corrected chi connectivity index (χ4v) is 2.94. The summed E-state index contributed by atoms with van der Waals surface area (Å²) in [6.45, 7) is 4.16. The summed E-state index contributed by atoms with van der Waals surface area (Å²) in [7, 11) is 0. The van der Waals surface area contributed by atoms with Crippen LogP contribution in [0, 0.1) is 6.92 Å². The zero-order valence-corrected chi connectivity index (χ0v) is 13.5. The number of nitrogens with one attached hydrogen (secondary N) is 1. The zero-order valence-electron chi connectivity index (χ0n) is 13.5. The van der Waals surface area contributed by atoms with E-state index in [4.69, 9.17) is 4.74 Å². The number of hydrogen-bond donors (Lipinski definition) is 2. The first-order valence-corrected chi connectivity index (χ1v) is 7.72. The van der Waals surface area contributed by atoms with Gasteiger partial charge in [0.25, 0.3) is 11.5 Å². The number of aryl methyl sites for hydroxylation is 1. The number of fused-ring (bicyclic) bond motifs is 1. The molecule has 7 heteroatoms. The number of Topliss-reactive ketones (excluding diaryl/α,β-unsaturated/α-hetero) is 1. The summed E-state index contributed by atoms with van der Waals surface area (Å²) in [4.78, 5) is 39.0. The lowest BCUT2D eigenvalue weighted by molar-refractivity contribution is -0.168. The Hall–Kier alpha value is -2.67. The van der Waals surface area contributed by atoms with Gasteiger partial charge < -0.3 is 15.2 Å². The number of nitrogens with zero attached hydrogens (tertiary/aromatic N) is 1. The third-order valence-electron chi connectivity index (χ3n) is 4.16. The molecule has 0 bridgehead atoms. The molecule has 1 unspecified atom stereocenters. The molecule has 0 saturated carbocycles. The highest BCUT2D eigenvalue weighted by Crippen LogP contribution is 2.37. The molecule has 2 aliphatic heterocycles. The number of benzene rings is 1. The number of carbonyl (C=O) groups excluding carboxylic acids is 3. The minimum absolute atomic E-state index is 0.0107. The van der Waals surface area contributed by atoms with Gasteiger partial charge in [0, 0.05) is 18.7 Å². The summed E-state index contributed by atoms with van der Waals surface area (Å²) in [5.41, 5.74) is -1.63. The molecule has 7 nitrogen and oxygen atoms in total. The predicted octanol–water partition coefficient (Wildman–Crippen LogP) is 0.129. The maximum absolute atomic E-state index is 12.9. The molecular weight excluding hydrogens is 312 g/mol. The molecule has 1 aromatic carbocycles. The van der Waals surface area contributed by atoms with Gasteiger partial charge >= 0.3 is 5.97 Å². The van der Waals surface area contributed by atoms with Crippen molar-refractivity contribution in [3.8, 4) is 0 Å². The Labute approximate surface area is 138 Å². The Balaban J connectivity index is 2.11. The largest absolute Gasteiger partial charge is 0.463 e. The van der Waals surface area contributed by atoms with Crippen LogP contribution >= 0.6 is 0 Å². The van der Waals surface area contributed by atoms with Gasteiger partial charge in [0.2, 0.25) is 0 Å². The van der Waals surface area contributed by atoms with Gasteiger partial charge in [-0.25, -0.2) is 4.79 Å². The summed E-state index contributed by atoms with van der Waals surface area (Å²) in [5, 5.41) is 13.7. The number of esters is 1. The predicted molar refractivity (Wildman–Crippen MR) is 83.8 cm³/mol. The first-order valence-electron chi connectivity index (χ1n) is 7.72. The Morgan fingerprint density at radius 1 is 1.33 bits per heavy atom. The van der Waals surface area contributed by atoms with Gasteiger partial charge in [0.1, 0.15) is 5.82 Å². The molecule has 1 amide bonds. The molecule has 2 heterocycles. The zero-order chi connectivity index (χ0) is 17.5. The van der Waals surface area contributed by atoms with E-state index < -0.39 is 23.3 Å². The van der Waals surface area contributed by atoms with Crippen LogP contribution in [0.5, 0.6) is 0 Å². The Bertz CT molecular complexity index is 753. The SMILES string of the molecule is CCOC(=O)C1(O)C(=O)N2CCNC2=C1C(=O)c1ccc(C)cc1. The van der Waals surface area contributed by atoms with Crippen molar-refractivity contribution in [2.75, 3.05) is 19.7 Å². The maximum Gasteiger partial charge on any atom is 0.353 e. The molecule has 2 aliphatic rings.